The molecule has 1 aromatic heterocycles. The monoisotopic (exact) mass is 309 g/mol. The molecule has 1 fully saturated rings. The van der Waals surface area contributed by atoms with Crippen molar-refractivity contribution in [3.8, 4) is 5.75 Å². The minimum Gasteiger partial charge on any atom is -0.490 e. The largest absolute Gasteiger partial charge is 0.490 e. The van der Waals surface area contributed by atoms with Crippen LogP contribution in [0.25, 0.3) is 0 Å². The van der Waals surface area contributed by atoms with Gasteiger partial charge in [0.25, 0.3) is 0 Å². The SMILES string of the molecule is c1cc2c(cc1CCc1cncc(OCC3CCN3)c1)CCN2. The Morgan fingerprint density at radius 2 is 2.00 bits per heavy atom. The summed E-state index contributed by atoms with van der Waals surface area (Å²) in [5.74, 6) is 0.884. The Morgan fingerprint density at radius 3 is 2.87 bits per heavy atom. The molecule has 2 aromatic rings. The van der Waals surface area contributed by atoms with Gasteiger partial charge in [0.1, 0.15) is 12.4 Å². The van der Waals surface area contributed by atoms with Gasteiger partial charge in [-0.05, 0) is 61.1 Å². The number of nitrogens with zero attached hydrogens (tertiary/aromatic N) is 1. The molecular weight excluding hydrogens is 286 g/mol. The zero-order chi connectivity index (χ0) is 15.5. The maximum Gasteiger partial charge on any atom is 0.137 e. The number of aromatic nitrogens is 1. The number of hydrogen-bond acceptors (Lipinski definition) is 4. The molecule has 2 aliphatic heterocycles. The number of hydrogen-bond donors (Lipinski definition) is 2. The standard InChI is InChI=1S/C19H23N3O/c1(14-3-4-19-16(9-14)5-7-22-19)2-15-10-18(12-20-11-15)23-13-17-6-8-21-17/h3-4,9-12,17,21-22H,1-2,5-8,13H2. The van der Waals surface area contributed by atoms with Crippen molar-refractivity contribution < 1.29 is 4.74 Å². The molecule has 2 aliphatic rings. The van der Waals surface area contributed by atoms with Gasteiger partial charge in [0, 0.05) is 24.5 Å². The van der Waals surface area contributed by atoms with Gasteiger partial charge in [-0.3, -0.25) is 4.98 Å². The molecule has 1 saturated heterocycles. The molecule has 0 bridgehead atoms. The molecule has 4 nitrogen and oxygen atoms in total. The molecule has 0 aliphatic carbocycles. The second-order valence-corrected chi connectivity index (χ2v) is 6.45. The predicted octanol–water partition coefficient (Wildman–Crippen LogP) is 2.58. The highest BCUT2D eigenvalue weighted by Crippen LogP contribution is 2.24. The van der Waals surface area contributed by atoms with Gasteiger partial charge in [0.15, 0.2) is 0 Å². The highest BCUT2D eigenvalue weighted by molar-refractivity contribution is 5.56. The molecule has 1 atom stereocenters. The lowest BCUT2D eigenvalue weighted by molar-refractivity contribution is 0.217. The third-order valence-electron chi connectivity index (χ3n) is 4.73. The van der Waals surface area contributed by atoms with Crippen LogP contribution in [0.3, 0.4) is 0 Å². The van der Waals surface area contributed by atoms with Gasteiger partial charge in [0.2, 0.25) is 0 Å². The highest BCUT2D eigenvalue weighted by atomic mass is 16.5. The van der Waals surface area contributed by atoms with E-state index in [-0.39, 0.29) is 0 Å². The van der Waals surface area contributed by atoms with Gasteiger partial charge >= 0.3 is 0 Å². The molecular formula is C19H23N3O. The molecule has 23 heavy (non-hydrogen) atoms. The Balaban J connectivity index is 1.34. The van der Waals surface area contributed by atoms with Gasteiger partial charge in [-0.15, -0.1) is 0 Å². The van der Waals surface area contributed by atoms with Crippen LogP contribution in [0.2, 0.25) is 0 Å². The quantitative estimate of drug-likeness (QED) is 0.861. The van der Waals surface area contributed by atoms with E-state index >= 15 is 0 Å². The fraction of sp³-hybridized carbons (Fsp3) is 0.421. The average Bonchev–Trinajstić information content (AvgIpc) is 2.99. The zero-order valence-electron chi connectivity index (χ0n) is 13.3. The van der Waals surface area contributed by atoms with Crippen molar-refractivity contribution >= 4 is 5.69 Å². The molecule has 0 radical (unpaired) electrons. The van der Waals surface area contributed by atoms with E-state index in [1.165, 1.54) is 28.8 Å². The summed E-state index contributed by atoms with van der Waals surface area (Å²) < 4.78 is 5.83. The maximum atomic E-state index is 5.83. The van der Waals surface area contributed by atoms with Crippen molar-refractivity contribution in [3.05, 3.63) is 53.3 Å². The molecule has 0 spiro atoms. The molecule has 3 heterocycles. The molecule has 4 heteroatoms. The predicted molar refractivity (Wildman–Crippen MR) is 92.2 cm³/mol. The Labute approximate surface area is 137 Å². The number of ether oxygens (including phenoxy) is 1. The fourth-order valence-corrected chi connectivity index (χ4v) is 3.17. The van der Waals surface area contributed by atoms with Crippen LogP contribution in [0.4, 0.5) is 5.69 Å². The van der Waals surface area contributed by atoms with Crippen molar-refractivity contribution in [2.24, 2.45) is 0 Å². The first-order valence-electron chi connectivity index (χ1n) is 8.52. The molecule has 1 unspecified atom stereocenters. The van der Waals surface area contributed by atoms with Gasteiger partial charge in [-0.2, -0.15) is 0 Å². The van der Waals surface area contributed by atoms with Crippen LogP contribution in [-0.4, -0.2) is 30.7 Å². The molecule has 0 saturated carbocycles. The van der Waals surface area contributed by atoms with E-state index in [2.05, 4.69) is 39.9 Å². The topological polar surface area (TPSA) is 46.2 Å². The summed E-state index contributed by atoms with van der Waals surface area (Å²) in [7, 11) is 0. The summed E-state index contributed by atoms with van der Waals surface area (Å²) in [6, 6.07) is 9.42. The van der Waals surface area contributed by atoms with Crippen LogP contribution in [0.5, 0.6) is 5.75 Å². The summed E-state index contributed by atoms with van der Waals surface area (Å²) in [6.45, 7) is 2.92. The second-order valence-electron chi connectivity index (χ2n) is 6.45. The number of pyridine rings is 1. The molecule has 0 amide bonds. The lowest BCUT2D eigenvalue weighted by Gasteiger charge is -2.27. The summed E-state index contributed by atoms with van der Waals surface area (Å²) in [6.07, 6.45) is 8.15. The number of fused-ring (bicyclic) bond motifs is 1. The molecule has 2 N–H and O–H groups in total. The Bertz CT molecular complexity index is 682. The zero-order valence-corrected chi connectivity index (χ0v) is 13.3. The van der Waals surface area contributed by atoms with E-state index in [9.17, 15) is 0 Å². The lowest BCUT2D eigenvalue weighted by atomic mass is 10.0. The first-order valence-corrected chi connectivity index (χ1v) is 8.52. The highest BCUT2D eigenvalue weighted by Gasteiger charge is 2.16. The fourth-order valence-electron chi connectivity index (χ4n) is 3.17. The van der Waals surface area contributed by atoms with Gasteiger partial charge in [-0.1, -0.05) is 12.1 Å². The summed E-state index contributed by atoms with van der Waals surface area (Å²) in [5, 5.41) is 6.76. The first kappa shape index (κ1) is 14.5. The second kappa shape index (κ2) is 6.59. The number of rotatable bonds is 6. The van der Waals surface area contributed by atoms with Crippen LogP contribution in [0, 0.1) is 0 Å². The van der Waals surface area contributed by atoms with Gasteiger partial charge in [0.05, 0.1) is 6.20 Å². The van der Waals surface area contributed by atoms with Gasteiger partial charge < -0.3 is 15.4 Å². The van der Waals surface area contributed by atoms with Crippen molar-refractivity contribution in [2.75, 3.05) is 25.0 Å². The molecule has 1 aromatic carbocycles. The minimum absolute atomic E-state index is 0.513. The summed E-state index contributed by atoms with van der Waals surface area (Å²) in [4.78, 5) is 4.32. The average molecular weight is 309 g/mol. The van der Waals surface area contributed by atoms with E-state index in [0.717, 1.165) is 44.7 Å². The number of anilines is 1. The maximum absolute atomic E-state index is 5.83. The Morgan fingerprint density at radius 1 is 1.09 bits per heavy atom. The van der Waals surface area contributed by atoms with E-state index < -0.39 is 0 Å². The summed E-state index contributed by atoms with van der Waals surface area (Å²) in [5.41, 5.74) is 5.39. The van der Waals surface area contributed by atoms with Crippen LogP contribution in [0.1, 0.15) is 23.1 Å². The molecule has 120 valence electrons. The number of nitrogens with one attached hydrogen (secondary N) is 2. The van der Waals surface area contributed by atoms with Crippen LogP contribution in [-0.2, 0) is 19.3 Å². The smallest absolute Gasteiger partial charge is 0.137 e. The molecule has 4 rings (SSSR count). The summed E-state index contributed by atoms with van der Waals surface area (Å²) >= 11 is 0. The third-order valence-corrected chi connectivity index (χ3v) is 4.73. The van der Waals surface area contributed by atoms with Crippen molar-refractivity contribution in [3.63, 3.8) is 0 Å². The van der Waals surface area contributed by atoms with Crippen molar-refractivity contribution in [1.29, 1.82) is 0 Å². The van der Waals surface area contributed by atoms with Crippen molar-refractivity contribution in [2.45, 2.75) is 31.7 Å². The van der Waals surface area contributed by atoms with Crippen LogP contribution in [0.15, 0.2) is 36.7 Å². The third kappa shape index (κ3) is 3.48. The van der Waals surface area contributed by atoms with E-state index in [0.29, 0.717) is 6.04 Å². The van der Waals surface area contributed by atoms with E-state index in [4.69, 9.17) is 4.74 Å². The van der Waals surface area contributed by atoms with Crippen molar-refractivity contribution in [1.82, 2.24) is 10.3 Å². The van der Waals surface area contributed by atoms with Crippen LogP contribution >= 0.6 is 0 Å². The number of benzene rings is 1. The van der Waals surface area contributed by atoms with Crippen LogP contribution < -0.4 is 15.4 Å². The van der Waals surface area contributed by atoms with Gasteiger partial charge in [-0.25, -0.2) is 0 Å². The Kier molecular flexibility index (Phi) is 4.16. The Hall–Kier alpha value is -2.07. The lowest BCUT2D eigenvalue weighted by Crippen LogP contribution is -2.46. The van der Waals surface area contributed by atoms with E-state index in [1.807, 2.05) is 12.4 Å². The first-order chi connectivity index (χ1) is 11.4. The van der Waals surface area contributed by atoms with E-state index in [1.54, 1.807) is 0 Å². The number of aryl methyl sites for hydroxylation is 2. The minimum atomic E-state index is 0.513. The normalized spacial score (nSPS) is 18.9.